The van der Waals surface area contributed by atoms with Crippen molar-refractivity contribution in [3.05, 3.63) is 52.7 Å². The third kappa shape index (κ3) is 3.78. The molecule has 2 aliphatic rings. The number of fused-ring (bicyclic) bond motifs is 2. The van der Waals surface area contributed by atoms with Crippen molar-refractivity contribution in [3.63, 3.8) is 0 Å². The zero-order valence-electron chi connectivity index (χ0n) is 19.6. The number of hydrogen-bond acceptors (Lipinski definition) is 5. The summed E-state index contributed by atoms with van der Waals surface area (Å²) in [7, 11) is 5.64. The molecule has 0 N–H and O–H groups in total. The molecule has 2 fully saturated rings. The molecule has 2 saturated heterocycles. The van der Waals surface area contributed by atoms with Crippen LogP contribution in [0.1, 0.15) is 53.4 Å². The third-order valence-electron chi connectivity index (χ3n) is 7.10. The van der Waals surface area contributed by atoms with E-state index >= 15 is 0 Å². The van der Waals surface area contributed by atoms with E-state index in [2.05, 4.69) is 47.7 Å². The van der Waals surface area contributed by atoms with E-state index in [0.29, 0.717) is 17.6 Å². The Labute approximate surface area is 185 Å². The maximum absolute atomic E-state index is 13.1. The van der Waals surface area contributed by atoms with Crippen molar-refractivity contribution in [1.29, 1.82) is 0 Å². The Hall–Kier alpha value is -2.60. The van der Waals surface area contributed by atoms with Gasteiger partial charge in [-0.05, 0) is 61.6 Å². The van der Waals surface area contributed by atoms with Crippen LogP contribution in [0.3, 0.4) is 0 Å². The summed E-state index contributed by atoms with van der Waals surface area (Å²) in [6, 6.07) is 9.13. The number of likely N-dealkylation sites (tertiary alicyclic amines) is 2. The van der Waals surface area contributed by atoms with E-state index < -0.39 is 0 Å². The van der Waals surface area contributed by atoms with Crippen molar-refractivity contribution in [3.8, 4) is 5.75 Å². The molecule has 2 aromatic rings. The quantitative estimate of drug-likeness (QED) is 0.711. The minimum atomic E-state index is 0.104. The molecule has 1 aromatic heterocycles. The average molecular weight is 423 g/mol. The summed E-state index contributed by atoms with van der Waals surface area (Å²) < 4.78 is 5.53. The molecule has 0 saturated carbocycles. The number of aromatic nitrogens is 1. The van der Waals surface area contributed by atoms with Crippen LogP contribution in [0.25, 0.3) is 0 Å². The summed E-state index contributed by atoms with van der Waals surface area (Å²) in [5, 5.41) is 0. The second-order valence-corrected chi connectivity index (χ2v) is 8.99. The van der Waals surface area contributed by atoms with Crippen LogP contribution >= 0.6 is 0 Å². The molecule has 3 heterocycles. The molecule has 0 unspecified atom stereocenters. The highest BCUT2D eigenvalue weighted by atomic mass is 16.5. The minimum Gasteiger partial charge on any atom is -0.496 e. The van der Waals surface area contributed by atoms with Crippen LogP contribution in [0.15, 0.2) is 30.5 Å². The van der Waals surface area contributed by atoms with Crippen LogP contribution in [0.4, 0.5) is 5.82 Å². The number of pyridine rings is 1. The predicted molar refractivity (Wildman–Crippen MR) is 124 cm³/mol. The van der Waals surface area contributed by atoms with Crippen LogP contribution < -0.4 is 9.64 Å². The van der Waals surface area contributed by atoms with E-state index in [9.17, 15) is 4.79 Å². The van der Waals surface area contributed by atoms with Gasteiger partial charge >= 0.3 is 0 Å². The number of rotatable bonds is 6. The van der Waals surface area contributed by atoms with Gasteiger partial charge in [-0.2, -0.15) is 0 Å². The Balaban J connectivity index is 1.48. The van der Waals surface area contributed by atoms with Gasteiger partial charge < -0.3 is 14.5 Å². The van der Waals surface area contributed by atoms with E-state index in [0.717, 1.165) is 37.5 Å². The number of ether oxygens (including phenoxy) is 1. The summed E-state index contributed by atoms with van der Waals surface area (Å²) in [5.74, 6) is 1.93. The average Bonchev–Trinajstić information content (AvgIpc) is 3.39. The largest absolute Gasteiger partial charge is 0.496 e. The second-order valence-electron chi connectivity index (χ2n) is 8.99. The van der Waals surface area contributed by atoms with Crippen LogP contribution in [0.2, 0.25) is 0 Å². The molecule has 31 heavy (non-hydrogen) atoms. The molecular weight excluding hydrogens is 388 g/mol. The molecule has 2 bridgehead atoms. The molecule has 6 nitrogen and oxygen atoms in total. The standard InChI is InChI=1S/C25H34N4O2/c1-7-21-16(2)23(31-6)10-9-22(21)17(3)28-14-20-12-19(28)15-29(20)25(30)18-8-11-24(26-13-18)27(4)5/h8-11,13,17,19-20H,7,12,14-15H2,1-6H3/t17-,19-,20-/m0/s1. The van der Waals surface area contributed by atoms with Crippen molar-refractivity contribution < 1.29 is 9.53 Å². The fourth-order valence-electron chi connectivity index (χ4n) is 5.38. The van der Waals surface area contributed by atoms with Crippen molar-refractivity contribution in [2.75, 3.05) is 39.2 Å². The number of hydrogen-bond donors (Lipinski definition) is 0. The highest BCUT2D eigenvalue weighted by Crippen LogP contribution is 2.39. The molecule has 0 spiro atoms. The number of carbonyl (C=O) groups is 1. The fraction of sp³-hybridized carbons (Fsp3) is 0.520. The lowest BCUT2D eigenvalue weighted by Crippen LogP contribution is -2.49. The van der Waals surface area contributed by atoms with Crippen molar-refractivity contribution >= 4 is 11.7 Å². The van der Waals surface area contributed by atoms with Gasteiger partial charge in [-0.25, -0.2) is 4.98 Å². The number of nitrogens with zero attached hydrogens (tertiary/aromatic N) is 4. The Kier molecular flexibility index (Phi) is 5.93. The number of methoxy groups -OCH3 is 1. The van der Waals surface area contributed by atoms with Gasteiger partial charge in [-0.3, -0.25) is 9.69 Å². The zero-order chi connectivity index (χ0) is 22.3. The highest BCUT2D eigenvalue weighted by molar-refractivity contribution is 5.94. The molecule has 3 atom stereocenters. The molecular formula is C25H34N4O2. The number of piperazine rings is 1. The topological polar surface area (TPSA) is 48.9 Å². The Bertz CT molecular complexity index is 957. The van der Waals surface area contributed by atoms with Crippen LogP contribution in [0, 0.1) is 6.92 Å². The van der Waals surface area contributed by atoms with Crippen molar-refractivity contribution in [2.45, 2.75) is 51.7 Å². The van der Waals surface area contributed by atoms with Crippen LogP contribution in [-0.2, 0) is 6.42 Å². The molecule has 6 heteroatoms. The van der Waals surface area contributed by atoms with E-state index in [4.69, 9.17) is 4.74 Å². The molecule has 1 aromatic carbocycles. The maximum atomic E-state index is 13.1. The SMILES string of the molecule is CCc1c([C@H](C)N2C[C@@H]3C[C@H]2CN3C(=O)c2ccc(N(C)C)nc2)ccc(OC)c1C. The number of anilines is 1. The van der Waals surface area contributed by atoms with Gasteiger partial charge in [0.15, 0.2) is 0 Å². The normalized spacial score (nSPS) is 21.4. The zero-order valence-corrected chi connectivity index (χ0v) is 19.6. The lowest BCUT2D eigenvalue weighted by atomic mass is 9.93. The first kappa shape index (κ1) is 21.6. The smallest absolute Gasteiger partial charge is 0.255 e. The molecule has 0 aliphatic carbocycles. The Morgan fingerprint density at radius 2 is 2.00 bits per heavy atom. The lowest BCUT2D eigenvalue weighted by molar-refractivity contribution is 0.0568. The molecule has 0 radical (unpaired) electrons. The van der Waals surface area contributed by atoms with Gasteiger partial charge in [0.05, 0.1) is 12.7 Å². The summed E-state index contributed by atoms with van der Waals surface area (Å²) >= 11 is 0. The molecule has 1 amide bonds. The predicted octanol–water partition coefficient (Wildman–Crippen LogP) is 3.69. The molecule has 2 aliphatic heterocycles. The first-order valence-corrected chi connectivity index (χ1v) is 11.2. The van der Waals surface area contributed by atoms with Gasteiger partial charge in [0.2, 0.25) is 0 Å². The third-order valence-corrected chi connectivity index (χ3v) is 7.10. The number of carbonyl (C=O) groups excluding carboxylic acids is 1. The van der Waals surface area contributed by atoms with E-state index in [1.165, 1.54) is 16.7 Å². The van der Waals surface area contributed by atoms with E-state index in [1.807, 2.05) is 31.1 Å². The van der Waals surface area contributed by atoms with Gasteiger partial charge in [-0.15, -0.1) is 0 Å². The molecule has 166 valence electrons. The van der Waals surface area contributed by atoms with Gasteiger partial charge in [0.1, 0.15) is 11.6 Å². The van der Waals surface area contributed by atoms with Gasteiger partial charge in [0.25, 0.3) is 5.91 Å². The number of amides is 1. The lowest BCUT2D eigenvalue weighted by Gasteiger charge is -2.38. The summed E-state index contributed by atoms with van der Waals surface area (Å²) in [4.78, 5) is 24.1. The second kappa shape index (κ2) is 8.50. The van der Waals surface area contributed by atoms with Crippen molar-refractivity contribution in [1.82, 2.24) is 14.8 Å². The van der Waals surface area contributed by atoms with E-state index in [1.54, 1.807) is 13.3 Å². The van der Waals surface area contributed by atoms with Gasteiger partial charge in [0, 0.05) is 51.5 Å². The maximum Gasteiger partial charge on any atom is 0.255 e. The first-order valence-electron chi connectivity index (χ1n) is 11.2. The minimum absolute atomic E-state index is 0.104. The summed E-state index contributed by atoms with van der Waals surface area (Å²) in [5.41, 5.74) is 4.69. The monoisotopic (exact) mass is 422 g/mol. The number of benzene rings is 1. The van der Waals surface area contributed by atoms with E-state index in [-0.39, 0.29) is 11.9 Å². The summed E-state index contributed by atoms with van der Waals surface area (Å²) in [6.45, 7) is 8.39. The first-order chi connectivity index (χ1) is 14.8. The highest BCUT2D eigenvalue weighted by Gasteiger charge is 2.47. The Morgan fingerprint density at radius 1 is 1.23 bits per heavy atom. The fourth-order valence-corrected chi connectivity index (χ4v) is 5.38. The van der Waals surface area contributed by atoms with Crippen LogP contribution in [-0.4, -0.2) is 67.1 Å². The van der Waals surface area contributed by atoms with Gasteiger partial charge in [-0.1, -0.05) is 13.0 Å². The molecule has 4 rings (SSSR count). The van der Waals surface area contributed by atoms with Crippen LogP contribution in [0.5, 0.6) is 5.75 Å². The summed E-state index contributed by atoms with van der Waals surface area (Å²) in [6.07, 6.45) is 3.75. The Morgan fingerprint density at radius 3 is 2.55 bits per heavy atom. The van der Waals surface area contributed by atoms with Crippen molar-refractivity contribution in [2.24, 2.45) is 0 Å².